The second kappa shape index (κ2) is 9.37. The number of rotatable bonds is 6. The summed E-state index contributed by atoms with van der Waals surface area (Å²) in [4.78, 5) is 41.0. The van der Waals surface area contributed by atoms with Crippen LogP contribution in [0, 0.1) is 0 Å². The van der Waals surface area contributed by atoms with Crippen molar-refractivity contribution in [1.82, 2.24) is 4.98 Å². The number of nitrogens with one attached hydrogen (secondary N) is 2. The fourth-order valence-electron chi connectivity index (χ4n) is 4.90. The quantitative estimate of drug-likeness (QED) is 0.229. The molecule has 3 aromatic rings. The summed E-state index contributed by atoms with van der Waals surface area (Å²) in [5.41, 5.74) is 6.12. The van der Waals surface area contributed by atoms with Gasteiger partial charge in [-0.3, -0.25) is 14.4 Å². The first-order valence-electron chi connectivity index (χ1n) is 12.0. The predicted octanol–water partition coefficient (Wildman–Crippen LogP) is 4.60. The third-order valence-corrected chi connectivity index (χ3v) is 6.61. The number of H-pyrrole nitrogens is 1. The molecule has 4 N–H and O–H groups in total. The first kappa shape index (κ1) is 23.4. The van der Waals surface area contributed by atoms with Gasteiger partial charge in [-0.15, -0.1) is 0 Å². The molecule has 0 bridgehead atoms. The number of Topliss-reactive ketones (excluding diaryl/α,β-unsaturated/α-hetero) is 1. The van der Waals surface area contributed by atoms with E-state index in [4.69, 9.17) is 4.74 Å². The maximum atomic E-state index is 12.9. The number of phenolic OH excluding ortho intramolecular Hbond substituents is 2. The first-order chi connectivity index (χ1) is 17.4. The standard InChI is InChI=1S/C28H26N2O6/c1-2-36-26(34)11-9-18-22(29-20-4-3-5-24(32)27(18)20)14-19-17-8-6-15(12-21(17)30-28(19)35)16-7-10-23(31)25(33)13-16/h6-8,10,12-14,29,31,33H,2-5,9,11H2,1H3,(H,30,35). The minimum atomic E-state index is -0.328. The number of ketones is 1. The Morgan fingerprint density at radius 1 is 1.06 bits per heavy atom. The Hall–Kier alpha value is -4.33. The fraction of sp³-hybridized carbons (Fsp3) is 0.250. The van der Waals surface area contributed by atoms with Gasteiger partial charge in [-0.05, 0) is 67.2 Å². The minimum absolute atomic E-state index is 0.0501. The Bertz CT molecular complexity index is 1430. The van der Waals surface area contributed by atoms with Crippen LogP contribution in [0.15, 0.2) is 36.4 Å². The monoisotopic (exact) mass is 486 g/mol. The van der Waals surface area contributed by atoms with Gasteiger partial charge in [0.05, 0.1) is 12.2 Å². The highest BCUT2D eigenvalue weighted by Gasteiger charge is 2.29. The van der Waals surface area contributed by atoms with Crippen LogP contribution in [0.4, 0.5) is 5.69 Å². The van der Waals surface area contributed by atoms with E-state index in [1.807, 2.05) is 18.2 Å². The number of carbonyl (C=O) groups is 3. The molecule has 8 nitrogen and oxygen atoms in total. The van der Waals surface area contributed by atoms with Crippen molar-refractivity contribution in [3.8, 4) is 22.6 Å². The van der Waals surface area contributed by atoms with E-state index in [1.165, 1.54) is 12.1 Å². The Balaban J connectivity index is 1.52. The number of hydrogen-bond donors (Lipinski definition) is 4. The summed E-state index contributed by atoms with van der Waals surface area (Å²) >= 11 is 0. The van der Waals surface area contributed by atoms with Crippen LogP contribution in [0.2, 0.25) is 0 Å². The topological polar surface area (TPSA) is 129 Å². The van der Waals surface area contributed by atoms with Crippen molar-refractivity contribution < 1.29 is 29.3 Å². The molecule has 2 aromatic carbocycles. The molecule has 36 heavy (non-hydrogen) atoms. The summed E-state index contributed by atoms with van der Waals surface area (Å²) in [7, 11) is 0. The van der Waals surface area contributed by atoms with Crippen LogP contribution < -0.4 is 5.32 Å². The van der Waals surface area contributed by atoms with E-state index >= 15 is 0 Å². The molecule has 2 aliphatic rings. The molecule has 184 valence electrons. The number of anilines is 1. The van der Waals surface area contributed by atoms with Gasteiger partial charge in [0.1, 0.15) is 0 Å². The Morgan fingerprint density at radius 3 is 2.61 bits per heavy atom. The number of aromatic nitrogens is 1. The second-order valence-corrected chi connectivity index (χ2v) is 8.93. The van der Waals surface area contributed by atoms with Crippen LogP contribution in [0.1, 0.15) is 59.1 Å². The lowest BCUT2D eigenvalue weighted by Gasteiger charge is -2.11. The van der Waals surface area contributed by atoms with E-state index < -0.39 is 0 Å². The molecular weight excluding hydrogens is 460 g/mol. The Morgan fingerprint density at radius 2 is 1.83 bits per heavy atom. The molecule has 0 radical (unpaired) electrons. The number of fused-ring (bicyclic) bond motifs is 2. The number of carbonyl (C=O) groups excluding carboxylic acids is 3. The minimum Gasteiger partial charge on any atom is -0.504 e. The van der Waals surface area contributed by atoms with Crippen LogP contribution in [0.25, 0.3) is 22.8 Å². The number of hydrogen-bond acceptors (Lipinski definition) is 6. The van der Waals surface area contributed by atoms with Crippen molar-refractivity contribution in [2.24, 2.45) is 0 Å². The zero-order chi connectivity index (χ0) is 25.4. The smallest absolute Gasteiger partial charge is 0.306 e. The lowest BCUT2D eigenvalue weighted by molar-refractivity contribution is -0.143. The van der Waals surface area contributed by atoms with Crippen molar-refractivity contribution in [3.63, 3.8) is 0 Å². The van der Waals surface area contributed by atoms with Gasteiger partial charge in [0.15, 0.2) is 17.3 Å². The van der Waals surface area contributed by atoms with Crippen molar-refractivity contribution >= 4 is 35.0 Å². The van der Waals surface area contributed by atoms with Crippen LogP contribution in [-0.4, -0.2) is 39.5 Å². The molecule has 1 amide bonds. The average Bonchev–Trinajstić information content (AvgIpc) is 3.36. The number of amides is 1. The molecule has 0 atom stereocenters. The maximum Gasteiger partial charge on any atom is 0.306 e. The molecular formula is C28H26N2O6. The van der Waals surface area contributed by atoms with Crippen LogP contribution in [0.5, 0.6) is 11.5 Å². The third-order valence-electron chi connectivity index (χ3n) is 6.61. The molecule has 0 fully saturated rings. The summed E-state index contributed by atoms with van der Waals surface area (Å²) in [5.74, 6) is -0.978. The van der Waals surface area contributed by atoms with Gasteiger partial charge in [0.2, 0.25) is 0 Å². The molecule has 2 heterocycles. The molecule has 1 aliphatic heterocycles. The van der Waals surface area contributed by atoms with E-state index in [0.717, 1.165) is 29.7 Å². The third kappa shape index (κ3) is 4.26. The summed E-state index contributed by atoms with van der Waals surface area (Å²) in [6.45, 7) is 2.05. The van der Waals surface area contributed by atoms with Gasteiger partial charge in [-0.25, -0.2) is 0 Å². The summed E-state index contributed by atoms with van der Waals surface area (Å²) < 4.78 is 5.07. The molecule has 0 spiro atoms. The van der Waals surface area contributed by atoms with E-state index in [2.05, 4.69) is 10.3 Å². The number of ether oxygens (including phenoxy) is 1. The average molecular weight is 487 g/mol. The summed E-state index contributed by atoms with van der Waals surface area (Å²) in [6, 6.07) is 10.0. The Kier molecular flexibility index (Phi) is 6.10. The van der Waals surface area contributed by atoms with Crippen molar-refractivity contribution in [2.45, 2.75) is 39.0 Å². The number of esters is 1. The van der Waals surface area contributed by atoms with Crippen LogP contribution in [-0.2, 0) is 27.2 Å². The number of aromatic hydroxyl groups is 2. The normalized spacial score (nSPS) is 15.5. The summed E-state index contributed by atoms with van der Waals surface area (Å²) in [6.07, 6.45) is 4.20. The number of aryl methyl sites for hydroxylation is 1. The number of phenols is 2. The van der Waals surface area contributed by atoms with Crippen LogP contribution >= 0.6 is 0 Å². The number of aromatic amines is 1. The van der Waals surface area contributed by atoms with Crippen molar-refractivity contribution in [3.05, 3.63) is 64.5 Å². The van der Waals surface area contributed by atoms with Gasteiger partial charge in [-0.2, -0.15) is 0 Å². The van der Waals surface area contributed by atoms with E-state index in [0.29, 0.717) is 53.1 Å². The zero-order valence-corrected chi connectivity index (χ0v) is 19.8. The highest BCUT2D eigenvalue weighted by atomic mass is 16.5. The van der Waals surface area contributed by atoms with Gasteiger partial charge in [0, 0.05) is 41.0 Å². The molecule has 0 saturated carbocycles. The second-order valence-electron chi connectivity index (χ2n) is 8.93. The van der Waals surface area contributed by atoms with E-state index in [1.54, 1.807) is 19.1 Å². The zero-order valence-electron chi connectivity index (χ0n) is 19.8. The van der Waals surface area contributed by atoms with Gasteiger partial charge < -0.3 is 25.3 Å². The molecule has 0 unspecified atom stereocenters. The molecule has 1 aliphatic carbocycles. The largest absolute Gasteiger partial charge is 0.504 e. The lowest BCUT2D eigenvalue weighted by Crippen LogP contribution is -2.12. The first-order valence-corrected chi connectivity index (χ1v) is 12.0. The van der Waals surface area contributed by atoms with Gasteiger partial charge >= 0.3 is 5.97 Å². The molecule has 5 rings (SSSR count). The molecule has 8 heteroatoms. The predicted molar refractivity (Wildman–Crippen MR) is 135 cm³/mol. The maximum absolute atomic E-state index is 12.9. The highest BCUT2D eigenvalue weighted by molar-refractivity contribution is 6.35. The van der Waals surface area contributed by atoms with Crippen molar-refractivity contribution in [1.29, 1.82) is 0 Å². The van der Waals surface area contributed by atoms with Gasteiger partial charge in [-0.1, -0.05) is 18.2 Å². The molecule has 1 aromatic heterocycles. The number of benzene rings is 2. The van der Waals surface area contributed by atoms with Crippen molar-refractivity contribution in [2.75, 3.05) is 11.9 Å². The molecule has 0 saturated heterocycles. The SMILES string of the molecule is CCOC(=O)CCc1c(C=C2C(=O)Nc3cc(-c4ccc(O)c(O)c4)ccc32)[nH]c2c1C(=O)CCC2. The van der Waals surface area contributed by atoms with Crippen LogP contribution in [0.3, 0.4) is 0 Å². The highest BCUT2D eigenvalue weighted by Crippen LogP contribution is 2.39. The fourth-order valence-corrected chi connectivity index (χ4v) is 4.90. The van der Waals surface area contributed by atoms with E-state index in [9.17, 15) is 24.6 Å². The summed E-state index contributed by atoms with van der Waals surface area (Å²) in [5, 5.41) is 22.3. The van der Waals surface area contributed by atoms with Gasteiger partial charge in [0.25, 0.3) is 5.91 Å². The lowest BCUT2D eigenvalue weighted by atomic mass is 9.91. The Labute approximate surface area is 207 Å². The van der Waals surface area contributed by atoms with E-state index in [-0.39, 0.29) is 35.6 Å².